The predicted molar refractivity (Wildman–Crippen MR) is 85.5 cm³/mol. The molecule has 0 amide bonds. The second-order valence-corrected chi connectivity index (χ2v) is 5.87. The molecule has 0 radical (unpaired) electrons. The Bertz CT molecular complexity index is 414. The van der Waals surface area contributed by atoms with Crippen molar-refractivity contribution in [2.45, 2.75) is 45.6 Å². The summed E-state index contributed by atoms with van der Waals surface area (Å²) in [7, 11) is 3.25. The molecule has 0 bridgehead atoms. The van der Waals surface area contributed by atoms with Gasteiger partial charge in [0.1, 0.15) is 11.5 Å². The Morgan fingerprint density at radius 3 is 2.05 bits per heavy atom. The van der Waals surface area contributed by atoms with Gasteiger partial charge in [0.15, 0.2) is 0 Å². The minimum atomic E-state index is -0.521. The minimum absolute atomic E-state index is 0.254. The van der Waals surface area contributed by atoms with Crippen molar-refractivity contribution in [2.75, 3.05) is 14.2 Å². The molecule has 0 spiro atoms. The van der Waals surface area contributed by atoms with E-state index in [1.807, 2.05) is 12.1 Å². The summed E-state index contributed by atoms with van der Waals surface area (Å²) in [5.74, 6) is 1.67. The van der Waals surface area contributed by atoms with E-state index >= 15 is 0 Å². The first-order valence-electron chi connectivity index (χ1n) is 7.18. The van der Waals surface area contributed by atoms with E-state index in [0.717, 1.165) is 35.7 Å². The molecule has 20 heavy (non-hydrogen) atoms. The summed E-state index contributed by atoms with van der Waals surface area (Å²) in [6.45, 7) is 4.30. The molecule has 1 aromatic rings. The fourth-order valence-electron chi connectivity index (χ4n) is 2.57. The van der Waals surface area contributed by atoms with Gasteiger partial charge < -0.3 is 14.6 Å². The average Bonchev–Trinajstić information content (AvgIpc) is 2.46. The lowest BCUT2D eigenvalue weighted by molar-refractivity contribution is 0.0935. The third-order valence-electron chi connectivity index (χ3n) is 3.59. The summed E-state index contributed by atoms with van der Waals surface area (Å²) in [6, 6.07) is 3.72. The molecule has 0 aromatic heterocycles. The van der Waals surface area contributed by atoms with E-state index < -0.39 is 6.10 Å². The Hall–Kier alpha value is -0.740. The molecule has 1 atom stereocenters. The third-order valence-corrected chi connectivity index (χ3v) is 4.21. The molecule has 0 fully saturated rings. The fraction of sp³-hybridized carbons (Fsp3) is 0.625. The predicted octanol–water partition coefficient (Wildman–Crippen LogP) is 4.72. The van der Waals surface area contributed by atoms with E-state index in [1.165, 1.54) is 0 Å². The summed E-state index contributed by atoms with van der Waals surface area (Å²) in [5.41, 5.74) is 0.805. The Morgan fingerprint density at radius 1 is 1.05 bits per heavy atom. The molecule has 4 heteroatoms. The lowest BCUT2D eigenvalue weighted by Crippen LogP contribution is -2.14. The number of benzene rings is 1. The zero-order valence-electron chi connectivity index (χ0n) is 12.8. The van der Waals surface area contributed by atoms with Crippen LogP contribution >= 0.6 is 15.9 Å². The maximum absolute atomic E-state index is 10.7. The van der Waals surface area contributed by atoms with E-state index in [4.69, 9.17) is 9.47 Å². The van der Waals surface area contributed by atoms with Gasteiger partial charge in [0.2, 0.25) is 0 Å². The molecule has 1 N–H and O–H groups in total. The van der Waals surface area contributed by atoms with Gasteiger partial charge in [-0.25, -0.2) is 0 Å². The molecule has 1 rings (SSSR count). The van der Waals surface area contributed by atoms with Gasteiger partial charge in [-0.3, -0.25) is 0 Å². The topological polar surface area (TPSA) is 38.7 Å². The van der Waals surface area contributed by atoms with Crippen LogP contribution in [0.4, 0.5) is 0 Å². The van der Waals surface area contributed by atoms with Crippen molar-refractivity contribution in [3.05, 3.63) is 22.2 Å². The van der Waals surface area contributed by atoms with Crippen LogP contribution in [0.2, 0.25) is 0 Å². The molecule has 114 valence electrons. The first-order chi connectivity index (χ1) is 9.58. The van der Waals surface area contributed by atoms with Gasteiger partial charge in [-0.1, -0.05) is 26.7 Å². The van der Waals surface area contributed by atoms with E-state index in [0.29, 0.717) is 11.5 Å². The fourth-order valence-corrected chi connectivity index (χ4v) is 3.06. The van der Waals surface area contributed by atoms with Crippen LogP contribution in [0.5, 0.6) is 11.5 Å². The Morgan fingerprint density at radius 2 is 1.60 bits per heavy atom. The number of methoxy groups -OCH3 is 2. The first-order valence-corrected chi connectivity index (χ1v) is 7.97. The number of halogens is 1. The van der Waals surface area contributed by atoms with Crippen LogP contribution in [0.1, 0.15) is 51.2 Å². The van der Waals surface area contributed by atoms with Gasteiger partial charge in [0.25, 0.3) is 0 Å². The summed E-state index contributed by atoms with van der Waals surface area (Å²) < 4.78 is 11.6. The number of rotatable bonds is 8. The molecule has 0 aliphatic rings. The molecule has 0 aliphatic carbocycles. The zero-order chi connectivity index (χ0) is 15.1. The molecule has 0 heterocycles. The lowest BCUT2D eigenvalue weighted by Gasteiger charge is -2.24. The normalized spacial score (nSPS) is 12.6. The molecular formula is C16H25BrO3. The van der Waals surface area contributed by atoms with Crippen molar-refractivity contribution in [3.63, 3.8) is 0 Å². The van der Waals surface area contributed by atoms with Crippen LogP contribution in [0.15, 0.2) is 16.6 Å². The highest BCUT2D eigenvalue weighted by atomic mass is 79.9. The van der Waals surface area contributed by atoms with Crippen LogP contribution in [0, 0.1) is 5.92 Å². The van der Waals surface area contributed by atoms with Gasteiger partial charge in [-0.2, -0.15) is 0 Å². The molecular weight excluding hydrogens is 320 g/mol. The van der Waals surface area contributed by atoms with E-state index in [-0.39, 0.29) is 5.92 Å². The first kappa shape index (κ1) is 17.3. The Balaban J connectivity index is 3.13. The van der Waals surface area contributed by atoms with Crippen molar-refractivity contribution in [1.82, 2.24) is 0 Å². The van der Waals surface area contributed by atoms with Crippen molar-refractivity contribution in [2.24, 2.45) is 5.92 Å². The standard InChI is InChI=1S/C16H25BrO3/c1-5-7-11(8-6-2)16(18)12-9-15(20-4)13(17)10-14(12)19-3/h9-11,16,18H,5-8H2,1-4H3. The molecule has 0 aliphatic heterocycles. The van der Waals surface area contributed by atoms with Crippen LogP contribution in [0.25, 0.3) is 0 Å². The summed E-state index contributed by atoms with van der Waals surface area (Å²) in [4.78, 5) is 0. The summed E-state index contributed by atoms with van der Waals surface area (Å²) in [6.07, 6.45) is 3.63. The lowest BCUT2D eigenvalue weighted by atomic mass is 9.88. The number of hydrogen-bond acceptors (Lipinski definition) is 3. The number of aliphatic hydroxyl groups excluding tert-OH is 1. The quantitative estimate of drug-likeness (QED) is 0.741. The van der Waals surface area contributed by atoms with Gasteiger partial charge >= 0.3 is 0 Å². The summed E-state index contributed by atoms with van der Waals surface area (Å²) >= 11 is 3.44. The largest absolute Gasteiger partial charge is 0.496 e. The zero-order valence-corrected chi connectivity index (χ0v) is 14.4. The molecule has 0 saturated heterocycles. The maximum atomic E-state index is 10.7. The van der Waals surface area contributed by atoms with Crippen LogP contribution in [-0.2, 0) is 0 Å². The number of aliphatic hydroxyl groups is 1. The van der Waals surface area contributed by atoms with Crippen LogP contribution in [0.3, 0.4) is 0 Å². The highest BCUT2D eigenvalue weighted by molar-refractivity contribution is 9.10. The highest BCUT2D eigenvalue weighted by Gasteiger charge is 2.24. The second-order valence-electron chi connectivity index (χ2n) is 5.01. The molecule has 1 unspecified atom stereocenters. The SMILES string of the molecule is CCCC(CCC)C(O)c1cc(OC)c(Br)cc1OC. The van der Waals surface area contributed by atoms with E-state index in [9.17, 15) is 5.11 Å². The Labute approximate surface area is 130 Å². The molecule has 0 saturated carbocycles. The van der Waals surface area contributed by atoms with E-state index in [2.05, 4.69) is 29.8 Å². The van der Waals surface area contributed by atoms with Crippen molar-refractivity contribution in [1.29, 1.82) is 0 Å². The van der Waals surface area contributed by atoms with Gasteiger partial charge in [0.05, 0.1) is 24.8 Å². The maximum Gasteiger partial charge on any atom is 0.133 e. The van der Waals surface area contributed by atoms with Crippen molar-refractivity contribution >= 4 is 15.9 Å². The molecule has 3 nitrogen and oxygen atoms in total. The third kappa shape index (κ3) is 4.13. The average molecular weight is 345 g/mol. The van der Waals surface area contributed by atoms with Crippen LogP contribution < -0.4 is 9.47 Å². The second kappa shape index (κ2) is 8.53. The number of hydrogen-bond donors (Lipinski definition) is 1. The Kier molecular flexibility index (Phi) is 7.38. The smallest absolute Gasteiger partial charge is 0.133 e. The van der Waals surface area contributed by atoms with E-state index in [1.54, 1.807) is 14.2 Å². The minimum Gasteiger partial charge on any atom is -0.496 e. The van der Waals surface area contributed by atoms with Crippen LogP contribution in [-0.4, -0.2) is 19.3 Å². The van der Waals surface area contributed by atoms with Gasteiger partial charge in [0, 0.05) is 5.56 Å². The monoisotopic (exact) mass is 344 g/mol. The highest BCUT2D eigenvalue weighted by Crippen LogP contribution is 2.40. The van der Waals surface area contributed by atoms with Gasteiger partial charge in [-0.05, 0) is 46.8 Å². The molecule has 1 aromatic carbocycles. The number of ether oxygens (including phenoxy) is 2. The summed E-state index contributed by atoms with van der Waals surface area (Å²) in [5, 5.41) is 10.7. The van der Waals surface area contributed by atoms with Gasteiger partial charge in [-0.15, -0.1) is 0 Å². The van der Waals surface area contributed by atoms with Crippen molar-refractivity contribution in [3.8, 4) is 11.5 Å². The van der Waals surface area contributed by atoms with Crippen molar-refractivity contribution < 1.29 is 14.6 Å².